The number of likely N-dealkylation sites (tertiary alicyclic amines) is 1. The smallest absolute Gasteiger partial charge is 0.320 e. The lowest BCUT2D eigenvalue weighted by atomic mass is 9.90. The van der Waals surface area contributed by atoms with E-state index in [-0.39, 0.29) is 18.0 Å². The summed E-state index contributed by atoms with van der Waals surface area (Å²) in [6, 6.07) is 8.83. The van der Waals surface area contributed by atoms with E-state index in [4.69, 9.17) is 5.73 Å². The molecule has 1 aliphatic rings. The summed E-state index contributed by atoms with van der Waals surface area (Å²) in [5.41, 5.74) is 5.70. The number of anilines is 1. The van der Waals surface area contributed by atoms with Crippen molar-refractivity contribution in [3.05, 3.63) is 30.3 Å². The maximum absolute atomic E-state index is 12.8. The minimum absolute atomic E-state index is 0.0676. The molecule has 0 saturated carbocycles. The fraction of sp³-hybridized carbons (Fsp3) is 0.556. The fourth-order valence-electron chi connectivity index (χ4n) is 3.04. The summed E-state index contributed by atoms with van der Waals surface area (Å²) in [6.07, 6.45) is 1.99. The van der Waals surface area contributed by atoms with E-state index >= 15 is 0 Å². The second-order valence-corrected chi connectivity index (χ2v) is 7.08. The van der Waals surface area contributed by atoms with Gasteiger partial charge in [-0.3, -0.25) is 4.79 Å². The van der Waals surface area contributed by atoms with Crippen molar-refractivity contribution in [1.29, 1.82) is 0 Å². The molecule has 1 fully saturated rings. The third kappa shape index (κ3) is 4.71. The van der Waals surface area contributed by atoms with Crippen LogP contribution in [-0.4, -0.2) is 41.5 Å². The lowest BCUT2D eigenvalue weighted by molar-refractivity contribution is -0.138. The molecule has 4 N–H and O–H groups in total. The molecule has 0 aromatic heterocycles. The Kier molecular flexibility index (Phi) is 5.83. The van der Waals surface area contributed by atoms with E-state index in [1.54, 1.807) is 26.0 Å². The first-order chi connectivity index (χ1) is 11.3. The molecule has 1 heterocycles. The lowest BCUT2D eigenvalue weighted by Gasteiger charge is -2.39. The Hall–Kier alpha value is -2.08. The van der Waals surface area contributed by atoms with E-state index in [1.807, 2.05) is 30.0 Å². The molecule has 1 aliphatic heterocycles. The molecular formula is C18H28N4O2. The Morgan fingerprint density at radius 1 is 1.29 bits per heavy atom. The van der Waals surface area contributed by atoms with Gasteiger partial charge in [-0.2, -0.15) is 0 Å². The molecule has 132 valence electrons. The van der Waals surface area contributed by atoms with Crippen LogP contribution in [0.2, 0.25) is 0 Å². The number of rotatable bonds is 4. The van der Waals surface area contributed by atoms with Crippen LogP contribution in [0.4, 0.5) is 10.5 Å². The predicted octanol–water partition coefficient (Wildman–Crippen LogP) is 2.17. The molecule has 6 heteroatoms. The zero-order chi connectivity index (χ0) is 17.7. The molecule has 1 aromatic carbocycles. The summed E-state index contributed by atoms with van der Waals surface area (Å²) >= 11 is 0. The second-order valence-electron chi connectivity index (χ2n) is 7.08. The van der Waals surface area contributed by atoms with Crippen LogP contribution >= 0.6 is 0 Å². The van der Waals surface area contributed by atoms with Gasteiger partial charge in [-0.1, -0.05) is 18.2 Å². The summed E-state index contributed by atoms with van der Waals surface area (Å²) in [6.45, 7) is 6.81. The summed E-state index contributed by atoms with van der Waals surface area (Å²) in [5.74, 6) is 0.243. The van der Waals surface area contributed by atoms with Gasteiger partial charge < -0.3 is 21.3 Å². The number of carbonyl (C=O) groups excluding carboxylic acids is 2. The molecule has 6 nitrogen and oxygen atoms in total. The van der Waals surface area contributed by atoms with Crippen LogP contribution in [0.1, 0.15) is 33.6 Å². The minimum Gasteiger partial charge on any atom is -0.340 e. The van der Waals surface area contributed by atoms with Crippen LogP contribution in [0.3, 0.4) is 0 Å². The van der Waals surface area contributed by atoms with E-state index < -0.39 is 5.54 Å². The Bertz CT molecular complexity index is 572. The number of urea groups is 1. The van der Waals surface area contributed by atoms with Crippen molar-refractivity contribution in [3.63, 3.8) is 0 Å². The fourth-order valence-corrected chi connectivity index (χ4v) is 3.04. The first-order valence-electron chi connectivity index (χ1n) is 8.49. The zero-order valence-electron chi connectivity index (χ0n) is 14.7. The minimum atomic E-state index is -0.974. The highest BCUT2D eigenvalue weighted by atomic mass is 16.2. The van der Waals surface area contributed by atoms with E-state index in [9.17, 15) is 9.59 Å². The molecule has 2 rings (SSSR count). The number of carbonyl (C=O) groups is 2. The van der Waals surface area contributed by atoms with Crippen molar-refractivity contribution in [1.82, 2.24) is 10.2 Å². The summed E-state index contributed by atoms with van der Waals surface area (Å²) in [7, 11) is 0. The zero-order valence-corrected chi connectivity index (χ0v) is 14.7. The average Bonchev–Trinajstić information content (AvgIpc) is 2.54. The highest BCUT2D eigenvalue weighted by Gasteiger charge is 2.36. The van der Waals surface area contributed by atoms with Crippen LogP contribution in [0, 0.1) is 5.92 Å². The summed E-state index contributed by atoms with van der Waals surface area (Å²) in [4.78, 5) is 26.8. The van der Waals surface area contributed by atoms with Gasteiger partial charge in [0.2, 0.25) is 5.91 Å². The predicted molar refractivity (Wildman–Crippen MR) is 95.6 cm³/mol. The van der Waals surface area contributed by atoms with Crippen molar-refractivity contribution in [2.45, 2.75) is 45.2 Å². The number of amides is 3. The van der Waals surface area contributed by atoms with Gasteiger partial charge in [0, 0.05) is 24.8 Å². The van der Waals surface area contributed by atoms with Crippen molar-refractivity contribution in [3.8, 4) is 0 Å². The molecule has 24 heavy (non-hydrogen) atoms. The molecule has 0 bridgehead atoms. The summed E-state index contributed by atoms with van der Waals surface area (Å²) < 4.78 is 0. The van der Waals surface area contributed by atoms with Crippen LogP contribution in [0.25, 0.3) is 0 Å². The van der Waals surface area contributed by atoms with E-state index in [1.165, 1.54) is 0 Å². The number of benzene rings is 1. The lowest BCUT2D eigenvalue weighted by Crippen LogP contribution is -2.59. The van der Waals surface area contributed by atoms with Gasteiger partial charge in [0.05, 0.1) is 0 Å². The molecule has 1 saturated heterocycles. The third-order valence-corrected chi connectivity index (χ3v) is 4.48. The van der Waals surface area contributed by atoms with Crippen molar-refractivity contribution in [2.24, 2.45) is 11.7 Å². The molecular weight excluding hydrogens is 304 g/mol. The van der Waals surface area contributed by atoms with Crippen LogP contribution in [0.15, 0.2) is 30.3 Å². The normalized spacial score (nSPS) is 19.5. The van der Waals surface area contributed by atoms with E-state index in [0.29, 0.717) is 24.7 Å². The Morgan fingerprint density at radius 2 is 1.96 bits per heavy atom. The molecule has 2 unspecified atom stereocenters. The maximum atomic E-state index is 12.8. The number of hydrogen-bond donors (Lipinski definition) is 3. The van der Waals surface area contributed by atoms with Gasteiger partial charge in [-0.05, 0) is 51.7 Å². The van der Waals surface area contributed by atoms with Crippen LogP contribution in [-0.2, 0) is 4.79 Å². The molecule has 0 spiro atoms. The second kappa shape index (κ2) is 7.66. The highest BCUT2D eigenvalue weighted by Crippen LogP contribution is 2.21. The molecule has 0 aliphatic carbocycles. The molecule has 2 atom stereocenters. The summed E-state index contributed by atoms with van der Waals surface area (Å²) in [5, 5.41) is 5.52. The van der Waals surface area contributed by atoms with Gasteiger partial charge in [-0.15, -0.1) is 0 Å². The third-order valence-electron chi connectivity index (χ3n) is 4.48. The van der Waals surface area contributed by atoms with Gasteiger partial charge in [-0.25, -0.2) is 4.79 Å². The van der Waals surface area contributed by atoms with Gasteiger partial charge in [0.1, 0.15) is 5.54 Å². The maximum Gasteiger partial charge on any atom is 0.320 e. The molecule has 0 radical (unpaired) electrons. The highest BCUT2D eigenvalue weighted by molar-refractivity contribution is 5.95. The first-order valence-corrected chi connectivity index (χ1v) is 8.49. The van der Waals surface area contributed by atoms with E-state index in [0.717, 1.165) is 12.8 Å². The monoisotopic (exact) mass is 332 g/mol. The van der Waals surface area contributed by atoms with Gasteiger partial charge >= 0.3 is 6.03 Å². The van der Waals surface area contributed by atoms with Crippen LogP contribution < -0.4 is 16.4 Å². The van der Waals surface area contributed by atoms with Crippen molar-refractivity contribution in [2.75, 3.05) is 18.4 Å². The first kappa shape index (κ1) is 18.3. The van der Waals surface area contributed by atoms with Crippen molar-refractivity contribution < 1.29 is 9.59 Å². The molecule has 3 amide bonds. The number of nitrogens with two attached hydrogens (primary N) is 1. The Balaban J connectivity index is 1.95. The van der Waals surface area contributed by atoms with Crippen LogP contribution in [0.5, 0.6) is 0 Å². The Labute approximate surface area is 143 Å². The topological polar surface area (TPSA) is 87.5 Å². The molecule has 1 aromatic rings. The largest absolute Gasteiger partial charge is 0.340 e. The SMILES string of the molecule is CC(N)C1CCCN(C(=O)C(C)(C)NC(=O)Nc2ccccc2)C1. The van der Waals surface area contributed by atoms with Crippen molar-refractivity contribution >= 4 is 17.6 Å². The quantitative estimate of drug-likeness (QED) is 0.789. The standard InChI is InChI=1S/C18H28N4O2/c1-13(19)14-8-7-11-22(12-14)16(23)18(2,3)21-17(24)20-15-9-5-4-6-10-15/h4-6,9-10,13-14H,7-8,11-12,19H2,1-3H3,(H2,20,21,24). The van der Waals surface area contributed by atoms with E-state index in [2.05, 4.69) is 10.6 Å². The number of piperidine rings is 1. The number of para-hydroxylation sites is 1. The number of hydrogen-bond acceptors (Lipinski definition) is 3. The number of nitrogens with one attached hydrogen (secondary N) is 2. The van der Waals surface area contributed by atoms with Gasteiger partial charge in [0.15, 0.2) is 0 Å². The van der Waals surface area contributed by atoms with Gasteiger partial charge in [0.25, 0.3) is 0 Å². The Morgan fingerprint density at radius 3 is 2.58 bits per heavy atom. The average molecular weight is 332 g/mol. The number of nitrogens with zero attached hydrogens (tertiary/aromatic N) is 1.